The van der Waals surface area contributed by atoms with Crippen molar-refractivity contribution < 1.29 is 8.42 Å². The predicted octanol–water partition coefficient (Wildman–Crippen LogP) is 3.25. The van der Waals surface area contributed by atoms with Crippen LogP contribution in [0, 0.1) is 5.92 Å². The molecule has 1 aromatic carbocycles. The van der Waals surface area contributed by atoms with E-state index in [9.17, 15) is 8.42 Å². The Morgan fingerprint density at radius 3 is 2.53 bits per heavy atom. The van der Waals surface area contributed by atoms with Gasteiger partial charge in [-0.3, -0.25) is 0 Å². The molecule has 0 aliphatic heterocycles. The maximum atomic E-state index is 12.4. The summed E-state index contributed by atoms with van der Waals surface area (Å²) < 4.78 is 25.6. The normalized spacial score (nSPS) is 13.7. The van der Waals surface area contributed by atoms with E-state index in [-0.39, 0.29) is 17.7 Å². The van der Waals surface area contributed by atoms with Crippen molar-refractivity contribution in [2.24, 2.45) is 5.92 Å². The SMILES string of the molecule is CCCNC(CS(=O)(=O)c1cccc(Br)c1)C(C)C. The van der Waals surface area contributed by atoms with Crippen LogP contribution in [0.25, 0.3) is 0 Å². The van der Waals surface area contributed by atoms with Crippen LogP contribution in [0.2, 0.25) is 0 Å². The molecule has 0 aliphatic carbocycles. The minimum Gasteiger partial charge on any atom is -0.313 e. The van der Waals surface area contributed by atoms with Gasteiger partial charge in [0.1, 0.15) is 0 Å². The van der Waals surface area contributed by atoms with E-state index in [0.717, 1.165) is 17.4 Å². The van der Waals surface area contributed by atoms with Gasteiger partial charge >= 0.3 is 0 Å². The van der Waals surface area contributed by atoms with Crippen LogP contribution in [0.3, 0.4) is 0 Å². The van der Waals surface area contributed by atoms with E-state index in [2.05, 4.69) is 28.2 Å². The Morgan fingerprint density at radius 1 is 1.32 bits per heavy atom. The number of sulfone groups is 1. The van der Waals surface area contributed by atoms with Crippen molar-refractivity contribution in [3.05, 3.63) is 28.7 Å². The molecule has 108 valence electrons. The summed E-state index contributed by atoms with van der Waals surface area (Å²) in [5.41, 5.74) is 0. The van der Waals surface area contributed by atoms with Gasteiger partial charge in [-0.25, -0.2) is 8.42 Å². The van der Waals surface area contributed by atoms with Crippen molar-refractivity contribution in [1.29, 1.82) is 0 Å². The Kier molecular flexibility index (Phi) is 6.50. The third-order valence-corrected chi connectivity index (χ3v) is 5.28. The topological polar surface area (TPSA) is 46.2 Å². The highest BCUT2D eigenvalue weighted by molar-refractivity contribution is 9.10. The molecule has 0 amide bonds. The molecule has 0 aromatic heterocycles. The first-order valence-electron chi connectivity index (χ1n) is 6.58. The van der Waals surface area contributed by atoms with Gasteiger partial charge in [0.2, 0.25) is 0 Å². The number of hydrogen-bond donors (Lipinski definition) is 1. The van der Waals surface area contributed by atoms with E-state index in [1.165, 1.54) is 0 Å². The molecule has 0 heterocycles. The summed E-state index contributed by atoms with van der Waals surface area (Å²) in [6.07, 6.45) is 1.00. The van der Waals surface area contributed by atoms with Crippen molar-refractivity contribution in [3.8, 4) is 0 Å². The highest BCUT2D eigenvalue weighted by Crippen LogP contribution is 2.19. The molecule has 3 nitrogen and oxygen atoms in total. The second-order valence-electron chi connectivity index (χ2n) is 5.04. The largest absolute Gasteiger partial charge is 0.313 e. The fourth-order valence-electron chi connectivity index (χ4n) is 1.81. The standard InChI is InChI=1S/C14H22BrNO2S/c1-4-8-16-14(11(2)3)10-19(17,18)13-7-5-6-12(15)9-13/h5-7,9,11,14,16H,4,8,10H2,1-3H3. The van der Waals surface area contributed by atoms with E-state index in [1.54, 1.807) is 18.2 Å². The van der Waals surface area contributed by atoms with Crippen LogP contribution in [-0.4, -0.2) is 26.8 Å². The Balaban J connectivity index is 2.88. The van der Waals surface area contributed by atoms with Gasteiger partial charge in [-0.2, -0.15) is 0 Å². The lowest BCUT2D eigenvalue weighted by atomic mass is 10.1. The lowest BCUT2D eigenvalue weighted by Gasteiger charge is -2.22. The van der Waals surface area contributed by atoms with Crippen LogP contribution >= 0.6 is 15.9 Å². The molecule has 0 aliphatic rings. The van der Waals surface area contributed by atoms with Crippen LogP contribution in [-0.2, 0) is 9.84 Å². The number of halogens is 1. The van der Waals surface area contributed by atoms with E-state index in [0.29, 0.717) is 4.90 Å². The second-order valence-corrected chi connectivity index (χ2v) is 7.99. The highest BCUT2D eigenvalue weighted by atomic mass is 79.9. The van der Waals surface area contributed by atoms with E-state index in [4.69, 9.17) is 0 Å². The quantitative estimate of drug-likeness (QED) is 0.823. The summed E-state index contributed by atoms with van der Waals surface area (Å²) in [7, 11) is -3.25. The number of hydrogen-bond acceptors (Lipinski definition) is 3. The fourth-order valence-corrected chi connectivity index (χ4v) is 4.12. The van der Waals surface area contributed by atoms with Gasteiger partial charge < -0.3 is 5.32 Å². The molecule has 0 spiro atoms. The van der Waals surface area contributed by atoms with Gasteiger partial charge in [0.15, 0.2) is 9.84 Å². The van der Waals surface area contributed by atoms with Gasteiger partial charge in [0.25, 0.3) is 0 Å². The summed E-state index contributed by atoms with van der Waals surface area (Å²) in [5.74, 6) is 0.426. The lowest BCUT2D eigenvalue weighted by Crippen LogP contribution is -2.40. The predicted molar refractivity (Wildman–Crippen MR) is 83.1 cm³/mol. The monoisotopic (exact) mass is 347 g/mol. The average Bonchev–Trinajstić information content (AvgIpc) is 2.34. The molecule has 19 heavy (non-hydrogen) atoms. The van der Waals surface area contributed by atoms with Gasteiger partial charge in [0, 0.05) is 10.5 Å². The molecule has 1 rings (SSSR count). The summed E-state index contributed by atoms with van der Waals surface area (Å²) in [4.78, 5) is 0.380. The lowest BCUT2D eigenvalue weighted by molar-refractivity contribution is 0.426. The number of rotatable bonds is 7. The zero-order chi connectivity index (χ0) is 14.5. The molecule has 0 radical (unpaired) electrons. The Bertz CT molecular complexity index is 500. The molecule has 1 unspecified atom stereocenters. The smallest absolute Gasteiger partial charge is 0.179 e. The molecule has 0 saturated carbocycles. The average molecular weight is 348 g/mol. The van der Waals surface area contributed by atoms with Crippen molar-refractivity contribution in [2.45, 2.75) is 38.1 Å². The fraction of sp³-hybridized carbons (Fsp3) is 0.571. The Hall–Kier alpha value is -0.390. The molecule has 1 atom stereocenters. The Labute approximate surface area is 124 Å². The van der Waals surface area contributed by atoms with Crippen LogP contribution in [0.15, 0.2) is 33.6 Å². The van der Waals surface area contributed by atoms with Gasteiger partial charge in [-0.15, -0.1) is 0 Å². The van der Waals surface area contributed by atoms with Crippen LogP contribution in [0.1, 0.15) is 27.2 Å². The molecule has 0 fully saturated rings. The van der Waals surface area contributed by atoms with Crippen molar-refractivity contribution in [1.82, 2.24) is 5.32 Å². The maximum Gasteiger partial charge on any atom is 0.179 e. The minimum absolute atomic E-state index is 0.0102. The van der Waals surface area contributed by atoms with E-state index < -0.39 is 9.84 Å². The summed E-state index contributed by atoms with van der Waals surface area (Å²) in [5, 5.41) is 3.32. The van der Waals surface area contributed by atoms with E-state index in [1.807, 2.05) is 19.9 Å². The van der Waals surface area contributed by atoms with Gasteiger partial charge in [-0.05, 0) is 37.1 Å². The molecule has 1 aromatic rings. The molecular weight excluding hydrogens is 326 g/mol. The van der Waals surface area contributed by atoms with Gasteiger partial charge in [0.05, 0.1) is 10.6 Å². The first kappa shape index (κ1) is 16.7. The third kappa shape index (κ3) is 5.24. The molecule has 1 N–H and O–H groups in total. The zero-order valence-electron chi connectivity index (χ0n) is 11.7. The van der Waals surface area contributed by atoms with Crippen LogP contribution in [0.5, 0.6) is 0 Å². The van der Waals surface area contributed by atoms with Crippen molar-refractivity contribution in [3.63, 3.8) is 0 Å². The molecule has 5 heteroatoms. The van der Waals surface area contributed by atoms with E-state index >= 15 is 0 Å². The second kappa shape index (κ2) is 7.41. The first-order chi connectivity index (χ1) is 8.86. The van der Waals surface area contributed by atoms with Crippen LogP contribution < -0.4 is 5.32 Å². The summed E-state index contributed by atoms with van der Waals surface area (Å²) in [6, 6.07) is 6.88. The maximum absolute atomic E-state index is 12.4. The first-order valence-corrected chi connectivity index (χ1v) is 9.03. The van der Waals surface area contributed by atoms with Gasteiger partial charge in [-0.1, -0.05) is 42.8 Å². The molecule has 0 saturated heterocycles. The van der Waals surface area contributed by atoms with Crippen molar-refractivity contribution in [2.75, 3.05) is 12.3 Å². The number of nitrogens with one attached hydrogen (secondary N) is 1. The zero-order valence-corrected chi connectivity index (χ0v) is 14.1. The van der Waals surface area contributed by atoms with Crippen molar-refractivity contribution >= 4 is 25.8 Å². The van der Waals surface area contributed by atoms with Crippen LogP contribution in [0.4, 0.5) is 0 Å². The summed E-state index contributed by atoms with van der Waals surface area (Å²) >= 11 is 3.31. The third-order valence-electron chi connectivity index (χ3n) is 3.02. The Morgan fingerprint density at radius 2 is 2.00 bits per heavy atom. The highest BCUT2D eigenvalue weighted by Gasteiger charge is 2.23. The molecular formula is C14H22BrNO2S. The molecule has 0 bridgehead atoms. The number of benzene rings is 1. The minimum atomic E-state index is -3.25. The summed E-state index contributed by atoms with van der Waals surface area (Å²) in [6.45, 7) is 7.01.